The van der Waals surface area contributed by atoms with Crippen LogP contribution in [0.1, 0.15) is 55.1 Å². The van der Waals surface area contributed by atoms with Gasteiger partial charge >= 0.3 is 0 Å². The van der Waals surface area contributed by atoms with Crippen LogP contribution in [-0.4, -0.2) is 23.7 Å². The van der Waals surface area contributed by atoms with Crippen molar-refractivity contribution in [2.75, 3.05) is 6.61 Å². The minimum atomic E-state index is -0.179. The summed E-state index contributed by atoms with van der Waals surface area (Å²) >= 11 is 0. The first-order chi connectivity index (χ1) is 9.92. The summed E-state index contributed by atoms with van der Waals surface area (Å²) in [4.78, 5) is 12.3. The van der Waals surface area contributed by atoms with E-state index in [1.54, 1.807) is 6.07 Å². The maximum absolute atomic E-state index is 12.3. The molecule has 1 aromatic carbocycles. The topological polar surface area (TPSA) is 49.3 Å². The molecule has 0 spiro atoms. The summed E-state index contributed by atoms with van der Waals surface area (Å²) < 4.78 is 0. The van der Waals surface area contributed by atoms with Crippen molar-refractivity contribution in [3.63, 3.8) is 0 Å². The molecule has 0 saturated heterocycles. The van der Waals surface area contributed by atoms with Crippen LogP contribution in [0.5, 0.6) is 0 Å². The Hall–Kier alpha value is -1.79. The Kier molecular flexibility index (Phi) is 6.98. The van der Waals surface area contributed by atoms with Gasteiger partial charge in [-0.25, -0.2) is 0 Å². The average molecular weight is 287 g/mol. The van der Waals surface area contributed by atoms with Crippen molar-refractivity contribution >= 4 is 5.91 Å². The number of benzene rings is 1. The lowest BCUT2D eigenvalue weighted by atomic mass is 10.0. The number of aliphatic hydroxyl groups excluding tert-OH is 1. The fourth-order valence-electron chi connectivity index (χ4n) is 2.09. The largest absolute Gasteiger partial charge is 0.384 e. The molecule has 0 aromatic heterocycles. The van der Waals surface area contributed by atoms with Crippen molar-refractivity contribution in [2.24, 2.45) is 5.92 Å². The van der Waals surface area contributed by atoms with E-state index >= 15 is 0 Å². The van der Waals surface area contributed by atoms with Gasteiger partial charge in [0.05, 0.1) is 0 Å². The Morgan fingerprint density at radius 1 is 1.24 bits per heavy atom. The number of aryl methyl sites for hydroxylation is 1. The number of carbonyl (C=O) groups is 1. The van der Waals surface area contributed by atoms with Crippen LogP contribution in [0.2, 0.25) is 0 Å². The van der Waals surface area contributed by atoms with E-state index in [9.17, 15) is 4.79 Å². The highest BCUT2D eigenvalue weighted by molar-refractivity contribution is 5.95. The Balaban J connectivity index is 2.75. The molecule has 0 heterocycles. The van der Waals surface area contributed by atoms with E-state index < -0.39 is 0 Å². The molecule has 1 aromatic rings. The number of amides is 1. The summed E-state index contributed by atoms with van der Waals surface area (Å²) in [5, 5.41) is 11.8. The Bertz CT molecular complexity index is 538. The first-order valence-corrected chi connectivity index (χ1v) is 7.44. The second kappa shape index (κ2) is 8.49. The fourth-order valence-corrected chi connectivity index (χ4v) is 2.09. The van der Waals surface area contributed by atoms with E-state index in [2.05, 4.69) is 31.0 Å². The quantitative estimate of drug-likeness (QED) is 0.818. The number of nitrogens with one attached hydrogen (secondary N) is 1. The van der Waals surface area contributed by atoms with Crippen LogP contribution >= 0.6 is 0 Å². The molecule has 0 aliphatic rings. The van der Waals surface area contributed by atoms with Gasteiger partial charge in [0.1, 0.15) is 6.61 Å². The Labute approximate surface area is 127 Å². The van der Waals surface area contributed by atoms with Crippen LogP contribution in [-0.2, 0) is 0 Å². The van der Waals surface area contributed by atoms with Crippen molar-refractivity contribution in [1.29, 1.82) is 0 Å². The standard InChI is InChI=1S/C18H25NO2/c1-13(2)7-8-15(4)19-18(21)17-11-14(3)10-16(12-17)6-5-9-20/h10-13,15,20H,7-9H2,1-4H3,(H,19,21). The maximum atomic E-state index is 12.3. The summed E-state index contributed by atoms with van der Waals surface area (Å²) in [5.41, 5.74) is 2.36. The molecule has 3 nitrogen and oxygen atoms in total. The van der Waals surface area contributed by atoms with Gasteiger partial charge < -0.3 is 10.4 Å². The molecular formula is C18H25NO2. The lowest BCUT2D eigenvalue weighted by Gasteiger charge is -2.15. The van der Waals surface area contributed by atoms with Gasteiger partial charge in [0, 0.05) is 17.2 Å². The van der Waals surface area contributed by atoms with Crippen molar-refractivity contribution in [1.82, 2.24) is 5.32 Å². The van der Waals surface area contributed by atoms with Gasteiger partial charge in [-0.1, -0.05) is 25.7 Å². The monoisotopic (exact) mass is 287 g/mol. The SMILES string of the molecule is Cc1cc(C#CCO)cc(C(=O)NC(C)CCC(C)C)c1. The number of carbonyl (C=O) groups excluding carboxylic acids is 1. The number of aliphatic hydroxyl groups is 1. The third-order valence-electron chi connectivity index (χ3n) is 3.21. The second-order valence-electron chi connectivity index (χ2n) is 5.89. The second-order valence-corrected chi connectivity index (χ2v) is 5.89. The molecule has 1 unspecified atom stereocenters. The van der Waals surface area contributed by atoms with E-state index in [0.717, 1.165) is 24.0 Å². The van der Waals surface area contributed by atoms with Gasteiger partial charge in [-0.3, -0.25) is 4.79 Å². The van der Waals surface area contributed by atoms with Crippen LogP contribution in [0.3, 0.4) is 0 Å². The van der Waals surface area contributed by atoms with Gasteiger partial charge in [-0.15, -0.1) is 0 Å². The highest BCUT2D eigenvalue weighted by atomic mass is 16.2. The van der Waals surface area contributed by atoms with E-state index in [1.165, 1.54) is 0 Å². The molecular weight excluding hydrogens is 262 g/mol. The molecule has 114 valence electrons. The zero-order valence-electron chi connectivity index (χ0n) is 13.4. The van der Waals surface area contributed by atoms with E-state index in [0.29, 0.717) is 11.5 Å². The van der Waals surface area contributed by atoms with E-state index in [-0.39, 0.29) is 18.6 Å². The molecule has 3 heteroatoms. The van der Waals surface area contributed by atoms with Crippen molar-refractivity contribution < 1.29 is 9.90 Å². The first-order valence-electron chi connectivity index (χ1n) is 7.44. The van der Waals surface area contributed by atoms with Crippen LogP contribution < -0.4 is 5.32 Å². The summed E-state index contributed by atoms with van der Waals surface area (Å²) in [6.07, 6.45) is 2.08. The highest BCUT2D eigenvalue weighted by Crippen LogP contribution is 2.11. The smallest absolute Gasteiger partial charge is 0.251 e. The summed E-state index contributed by atoms with van der Waals surface area (Å²) in [6.45, 7) is 8.15. The van der Waals surface area contributed by atoms with E-state index in [1.807, 2.05) is 26.0 Å². The third-order valence-corrected chi connectivity index (χ3v) is 3.21. The van der Waals surface area contributed by atoms with Gasteiger partial charge in [0.15, 0.2) is 0 Å². The van der Waals surface area contributed by atoms with E-state index in [4.69, 9.17) is 5.11 Å². The van der Waals surface area contributed by atoms with Crippen LogP contribution in [0.4, 0.5) is 0 Å². The maximum Gasteiger partial charge on any atom is 0.251 e. The minimum absolute atomic E-state index is 0.0676. The molecule has 21 heavy (non-hydrogen) atoms. The van der Waals surface area contributed by atoms with Crippen molar-refractivity contribution in [3.05, 3.63) is 34.9 Å². The molecule has 1 rings (SSSR count). The number of rotatable bonds is 5. The van der Waals surface area contributed by atoms with Crippen molar-refractivity contribution in [3.8, 4) is 11.8 Å². The van der Waals surface area contributed by atoms with Crippen LogP contribution in [0.15, 0.2) is 18.2 Å². The molecule has 1 atom stereocenters. The third kappa shape index (κ3) is 6.46. The van der Waals surface area contributed by atoms with Crippen LogP contribution in [0.25, 0.3) is 0 Å². The molecule has 0 aliphatic carbocycles. The normalized spacial score (nSPS) is 11.7. The minimum Gasteiger partial charge on any atom is -0.384 e. The van der Waals surface area contributed by atoms with Crippen LogP contribution in [0, 0.1) is 24.7 Å². The predicted octanol–water partition coefficient (Wildman–Crippen LogP) is 2.89. The molecule has 0 fully saturated rings. The zero-order chi connectivity index (χ0) is 15.8. The molecule has 1 amide bonds. The molecule has 0 bridgehead atoms. The molecule has 0 saturated carbocycles. The fraction of sp³-hybridized carbons (Fsp3) is 0.500. The molecule has 2 N–H and O–H groups in total. The summed E-state index contributed by atoms with van der Waals surface area (Å²) in [6, 6.07) is 5.68. The Morgan fingerprint density at radius 3 is 2.57 bits per heavy atom. The van der Waals surface area contributed by atoms with Gasteiger partial charge in [-0.05, 0) is 56.4 Å². The summed E-state index contributed by atoms with van der Waals surface area (Å²) in [5.74, 6) is 6.02. The highest BCUT2D eigenvalue weighted by Gasteiger charge is 2.11. The molecule has 0 radical (unpaired) electrons. The van der Waals surface area contributed by atoms with Gasteiger partial charge in [-0.2, -0.15) is 0 Å². The number of hydrogen-bond donors (Lipinski definition) is 2. The van der Waals surface area contributed by atoms with Crippen molar-refractivity contribution in [2.45, 2.75) is 46.6 Å². The Morgan fingerprint density at radius 2 is 1.95 bits per heavy atom. The molecule has 0 aliphatic heterocycles. The summed E-state index contributed by atoms with van der Waals surface area (Å²) in [7, 11) is 0. The van der Waals surface area contributed by atoms with Gasteiger partial charge in [0.25, 0.3) is 5.91 Å². The van der Waals surface area contributed by atoms with Gasteiger partial charge in [0.2, 0.25) is 0 Å². The zero-order valence-corrected chi connectivity index (χ0v) is 13.4. The average Bonchev–Trinajstić information content (AvgIpc) is 2.42. The first kappa shape index (κ1) is 17.3. The number of hydrogen-bond acceptors (Lipinski definition) is 2. The lowest BCUT2D eigenvalue weighted by molar-refractivity contribution is 0.0937. The predicted molar refractivity (Wildman–Crippen MR) is 86.1 cm³/mol. The lowest BCUT2D eigenvalue weighted by Crippen LogP contribution is -2.32.